The maximum absolute atomic E-state index is 14.2. The minimum atomic E-state index is -5.14. The van der Waals surface area contributed by atoms with E-state index in [1.54, 1.807) is 0 Å². The van der Waals surface area contributed by atoms with Gasteiger partial charge in [0.25, 0.3) is 0 Å². The number of halogens is 8. The van der Waals surface area contributed by atoms with Crippen LogP contribution in [0.4, 0.5) is 46.6 Å². The second-order valence-electron chi connectivity index (χ2n) is 8.17. The largest absolute Gasteiger partial charge is 0.433 e. The SMILES string of the molecule is CN(C(=O)[C@@H]1[C@H]2CC[C@H](C2)N1c1cc(C(F)(F)F)cc(C(F)(F)F)n1)c1cc(F)ccc1F. The van der Waals surface area contributed by atoms with E-state index >= 15 is 0 Å². The van der Waals surface area contributed by atoms with Crippen molar-refractivity contribution < 1.29 is 39.9 Å². The zero-order valence-electron chi connectivity index (χ0n) is 17.0. The van der Waals surface area contributed by atoms with Crippen molar-refractivity contribution in [2.75, 3.05) is 16.8 Å². The number of carbonyl (C=O) groups excluding carboxylic acids is 1. The first-order valence-corrected chi connectivity index (χ1v) is 9.95. The van der Waals surface area contributed by atoms with Crippen LogP contribution in [-0.2, 0) is 17.1 Å². The number of carbonyl (C=O) groups is 1. The first-order chi connectivity index (χ1) is 15.3. The fraction of sp³-hybridized carbons (Fsp3) is 0.429. The molecule has 1 aliphatic carbocycles. The number of hydrogen-bond acceptors (Lipinski definition) is 3. The van der Waals surface area contributed by atoms with Gasteiger partial charge in [0.2, 0.25) is 5.91 Å². The van der Waals surface area contributed by atoms with Crippen LogP contribution in [0.5, 0.6) is 0 Å². The number of pyridine rings is 1. The van der Waals surface area contributed by atoms with Gasteiger partial charge in [-0.3, -0.25) is 4.79 Å². The summed E-state index contributed by atoms with van der Waals surface area (Å²) >= 11 is 0. The molecule has 0 N–H and O–H groups in total. The Hall–Kier alpha value is -2.92. The number of benzene rings is 1. The Bertz CT molecular complexity index is 1050. The fourth-order valence-electron chi connectivity index (χ4n) is 4.65. The van der Waals surface area contributed by atoms with Crippen LogP contribution in [0.2, 0.25) is 0 Å². The molecule has 1 saturated heterocycles. The number of aromatic nitrogens is 1. The van der Waals surface area contributed by atoms with Crippen molar-refractivity contribution in [1.29, 1.82) is 0 Å². The Labute approximate surface area is 182 Å². The van der Waals surface area contributed by atoms with Gasteiger partial charge in [0, 0.05) is 19.2 Å². The zero-order chi connectivity index (χ0) is 24.3. The molecule has 0 unspecified atom stereocenters. The van der Waals surface area contributed by atoms with Gasteiger partial charge in [-0.05, 0) is 49.4 Å². The Kier molecular flexibility index (Phi) is 5.52. The number of anilines is 2. The molecule has 2 aliphatic rings. The van der Waals surface area contributed by atoms with Crippen LogP contribution < -0.4 is 9.80 Å². The number of amides is 1. The lowest BCUT2D eigenvalue weighted by Gasteiger charge is -2.37. The van der Waals surface area contributed by atoms with Gasteiger partial charge in [0.15, 0.2) is 0 Å². The van der Waals surface area contributed by atoms with Gasteiger partial charge < -0.3 is 9.80 Å². The first-order valence-electron chi connectivity index (χ1n) is 9.95. The molecule has 1 aromatic heterocycles. The topological polar surface area (TPSA) is 36.4 Å². The third-order valence-electron chi connectivity index (χ3n) is 6.13. The van der Waals surface area contributed by atoms with Crippen molar-refractivity contribution in [2.24, 2.45) is 5.92 Å². The number of hydrogen-bond donors (Lipinski definition) is 0. The normalized spacial score (nSPS) is 22.7. The maximum atomic E-state index is 14.2. The van der Waals surface area contributed by atoms with Gasteiger partial charge in [-0.2, -0.15) is 26.3 Å². The van der Waals surface area contributed by atoms with E-state index in [1.807, 2.05) is 0 Å². The molecule has 1 aliphatic heterocycles. The summed E-state index contributed by atoms with van der Waals surface area (Å²) in [6.45, 7) is 0. The van der Waals surface area contributed by atoms with Crippen molar-refractivity contribution in [1.82, 2.24) is 4.98 Å². The highest BCUT2D eigenvalue weighted by Crippen LogP contribution is 2.47. The van der Waals surface area contributed by atoms with Gasteiger partial charge in [0.1, 0.15) is 29.2 Å². The van der Waals surface area contributed by atoms with Crippen molar-refractivity contribution in [3.8, 4) is 0 Å². The molecule has 12 heteroatoms. The van der Waals surface area contributed by atoms with Crippen LogP contribution in [0.25, 0.3) is 0 Å². The van der Waals surface area contributed by atoms with Gasteiger partial charge in [-0.1, -0.05) is 0 Å². The smallest absolute Gasteiger partial charge is 0.341 e. The first kappa shape index (κ1) is 23.2. The van der Waals surface area contributed by atoms with Crippen molar-refractivity contribution >= 4 is 17.4 Å². The molecule has 2 fully saturated rings. The summed E-state index contributed by atoms with van der Waals surface area (Å²) in [4.78, 5) is 18.7. The molecule has 33 heavy (non-hydrogen) atoms. The molecule has 3 atom stereocenters. The molecule has 178 valence electrons. The minimum Gasteiger partial charge on any atom is -0.341 e. The monoisotopic (exact) mass is 479 g/mol. The molecule has 4 rings (SSSR count). The van der Waals surface area contributed by atoms with Gasteiger partial charge in [0.05, 0.1) is 11.3 Å². The van der Waals surface area contributed by atoms with E-state index in [-0.39, 0.29) is 12.0 Å². The average Bonchev–Trinajstić information content (AvgIpc) is 3.34. The summed E-state index contributed by atoms with van der Waals surface area (Å²) in [5, 5.41) is 0. The van der Waals surface area contributed by atoms with Crippen molar-refractivity contribution in [2.45, 2.75) is 43.7 Å². The molecule has 4 nitrogen and oxygen atoms in total. The molecule has 0 radical (unpaired) electrons. The summed E-state index contributed by atoms with van der Waals surface area (Å²) in [5.41, 5.74) is -3.67. The molecule has 2 aromatic rings. The lowest BCUT2D eigenvalue weighted by molar-refractivity contribution is -0.145. The van der Waals surface area contributed by atoms with Crippen LogP contribution in [0.15, 0.2) is 30.3 Å². The van der Waals surface area contributed by atoms with E-state index in [1.165, 1.54) is 7.05 Å². The highest BCUT2D eigenvalue weighted by molar-refractivity contribution is 5.99. The number of fused-ring (bicyclic) bond motifs is 2. The van der Waals surface area contributed by atoms with E-state index in [0.717, 1.165) is 28.0 Å². The number of piperidine rings is 1. The maximum Gasteiger partial charge on any atom is 0.433 e. The predicted octanol–water partition coefficient (Wildman–Crippen LogP) is 5.42. The second-order valence-corrected chi connectivity index (χ2v) is 8.17. The number of likely N-dealkylation sites (N-methyl/N-ethyl adjacent to an activating group) is 1. The molecular weight excluding hydrogens is 462 g/mol. The van der Waals surface area contributed by atoms with E-state index in [0.29, 0.717) is 25.3 Å². The summed E-state index contributed by atoms with van der Waals surface area (Å²) in [6.07, 6.45) is -8.89. The predicted molar refractivity (Wildman–Crippen MR) is 101 cm³/mol. The van der Waals surface area contributed by atoms with Gasteiger partial charge >= 0.3 is 12.4 Å². The third-order valence-corrected chi connectivity index (χ3v) is 6.13. The molecule has 1 aromatic carbocycles. The molecule has 2 bridgehead atoms. The molecule has 1 saturated carbocycles. The summed E-state index contributed by atoms with van der Waals surface area (Å²) in [5.74, 6) is -3.51. The van der Waals surface area contributed by atoms with Crippen molar-refractivity contribution in [3.63, 3.8) is 0 Å². The lowest BCUT2D eigenvalue weighted by atomic mass is 9.97. The number of alkyl halides is 6. The Morgan fingerprint density at radius 2 is 1.73 bits per heavy atom. The summed E-state index contributed by atoms with van der Waals surface area (Å²) < 4.78 is 108. The molecule has 1 amide bonds. The van der Waals surface area contributed by atoms with Crippen LogP contribution in [0.1, 0.15) is 30.5 Å². The second kappa shape index (κ2) is 7.84. The molecule has 2 heterocycles. The number of rotatable bonds is 3. The fourth-order valence-corrected chi connectivity index (χ4v) is 4.65. The van der Waals surface area contributed by atoms with E-state index < -0.39 is 64.7 Å². The molecule has 0 spiro atoms. The third kappa shape index (κ3) is 4.22. The van der Waals surface area contributed by atoms with Crippen LogP contribution in [0, 0.1) is 17.6 Å². The van der Waals surface area contributed by atoms with Crippen LogP contribution >= 0.6 is 0 Å². The van der Waals surface area contributed by atoms with E-state index in [9.17, 15) is 39.9 Å². The van der Waals surface area contributed by atoms with E-state index in [4.69, 9.17) is 0 Å². The van der Waals surface area contributed by atoms with Gasteiger partial charge in [-0.25, -0.2) is 13.8 Å². The number of nitrogens with zero attached hydrogens (tertiary/aromatic N) is 3. The summed E-state index contributed by atoms with van der Waals surface area (Å²) in [6, 6.07) is 1.18. The van der Waals surface area contributed by atoms with Gasteiger partial charge in [-0.15, -0.1) is 0 Å². The Balaban J connectivity index is 1.77. The van der Waals surface area contributed by atoms with Crippen LogP contribution in [-0.4, -0.2) is 30.0 Å². The highest BCUT2D eigenvalue weighted by Gasteiger charge is 2.51. The lowest BCUT2D eigenvalue weighted by Crippen LogP contribution is -2.51. The quantitative estimate of drug-likeness (QED) is 0.552. The average molecular weight is 479 g/mol. The Morgan fingerprint density at radius 1 is 1.03 bits per heavy atom. The van der Waals surface area contributed by atoms with Crippen LogP contribution in [0.3, 0.4) is 0 Å². The Morgan fingerprint density at radius 3 is 2.36 bits per heavy atom. The standard InChI is InChI=1S/C21H17F8N3O/c1-31(15-9-12(22)3-5-14(15)23)19(33)18-10-2-4-13(6-10)32(18)17-8-11(20(24,25)26)7-16(30-17)21(27,28)29/h3,5,7-10,13,18H,2,4,6H2,1H3/t10-,13+,18-/m0/s1. The minimum absolute atomic E-state index is 0.0805. The summed E-state index contributed by atoms with van der Waals surface area (Å²) in [7, 11) is 1.17. The van der Waals surface area contributed by atoms with Crippen molar-refractivity contribution in [3.05, 3.63) is 53.2 Å². The zero-order valence-corrected chi connectivity index (χ0v) is 17.0. The molecular formula is C21H17F8N3O. The highest BCUT2D eigenvalue weighted by atomic mass is 19.4. The van der Waals surface area contributed by atoms with E-state index in [2.05, 4.69) is 4.98 Å².